The number of nitrogens with one attached hydrogen (secondary N) is 2. The van der Waals surface area contributed by atoms with E-state index in [9.17, 15) is 26.4 Å². The predicted octanol–water partition coefficient (Wildman–Crippen LogP) is 8.99. The van der Waals surface area contributed by atoms with Crippen LogP contribution >= 0.6 is 0 Å². The number of alkyl halides is 3. The first-order chi connectivity index (χ1) is 22.7. The van der Waals surface area contributed by atoms with E-state index in [4.69, 9.17) is 9.41 Å². The van der Waals surface area contributed by atoms with Gasteiger partial charge >= 0.3 is 15.5 Å². The summed E-state index contributed by atoms with van der Waals surface area (Å²) in [7, 11) is -5.95. The van der Waals surface area contributed by atoms with Gasteiger partial charge in [-0.15, -0.1) is 0 Å². The van der Waals surface area contributed by atoms with Crippen molar-refractivity contribution in [1.29, 1.82) is 0 Å². The molecule has 1 amide bonds. The first kappa shape index (κ1) is 32.5. The van der Waals surface area contributed by atoms with Crippen LogP contribution in [0.15, 0.2) is 106 Å². The molecule has 2 aliphatic rings. The van der Waals surface area contributed by atoms with E-state index in [0.717, 1.165) is 33.6 Å². The second-order valence-corrected chi connectivity index (χ2v) is 13.2. The van der Waals surface area contributed by atoms with Gasteiger partial charge in [-0.2, -0.15) is 21.6 Å². The smallest absolute Gasteiger partial charge is 0.456 e. The largest absolute Gasteiger partial charge is 0.516 e. The Bertz CT molecular complexity index is 2340. The average Bonchev–Trinajstić information content (AvgIpc) is 3.02. The van der Waals surface area contributed by atoms with Crippen LogP contribution in [0.1, 0.15) is 32.6 Å². The molecule has 4 aromatic rings. The quantitative estimate of drug-likeness (QED) is 0.173. The van der Waals surface area contributed by atoms with Gasteiger partial charge in [-0.25, -0.2) is 9.71 Å². The number of hydrogen-bond acceptors (Lipinski definition) is 6. The number of para-hydroxylation sites is 2. The molecule has 0 radical (unpaired) electrons. The number of hydrogen-bond donors (Lipinski definition) is 2. The van der Waals surface area contributed by atoms with E-state index < -0.39 is 21.4 Å². The second-order valence-electron chi connectivity index (χ2n) is 11.5. The van der Waals surface area contributed by atoms with Gasteiger partial charge in [0.25, 0.3) is 5.91 Å². The molecule has 0 saturated carbocycles. The van der Waals surface area contributed by atoms with Crippen LogP contribution in [-0.4, -0.2) is 19.8 Å². The molecule has 48 heavy (non-hydrogen) atoms. The summed E-state index contributed by atoms with van der Waals surface area (Å²) in [5, 5.41) is 4.60. The van der Waals surface area contributed by atoms with E-state index in [2.05, 4.69) is 5.32 Å². The highest BCUT2D eigenvalue weighted by molar-refractivity contribution is 7.90. The summed E-state index contributed by atoms with van der Waals surface area (Å²) in [6, 6.07) is 28.5. The highest BCUT2D eigenvalue weighted by Gasteiger charge is 2.47. The van der Waals surface area contributed by atoms with Crippen molar-refractivity contribution in [1.82, 2.24) is 4.72 Å². The Hall–Kier alpha value is -5.42. The number of carbonyl (C=O) groups excluding carboxylic acids is 1. The molecule has 11 heteroatoms. The molecule has 4 aromatic carbocycles. The van der Waals surface area contributed by atoms with Crippen LogP contribution in [-0.2, 0) is 10.0 Å². The van der Waals surface area contributed by atoms with Gasteiger partial charge in [-0.3, -0.25) is 4.79 Å². The number of halogens is 3. The molecule has 0 bridgehead atoms. The first-order valence-electron chi connectivity index (χ1n) is 14.9. The number of amides is 1. The molecule has 0 aromatic heterocycles. The molecular weight excluding hydrogens is 639 g/mol. The molecule has 244 valence electrons. The normalized spacial score (nSPS) is 12.4. The van der Waals surface area contributed by atoms with Gasteiger partial charge in [0.2, 0.25) is 0 Å². The summed E-state index contributed by atoms with van der Waals surface area (Å²) in [4.78, 5) is 18.0. The van der Waals surface area contributed by atoms with Crippen LogP contribution in [0.3, 0.4) is 0 Å². The number of nitrogens with zero attached hydrogens (tertiary/aromatic N) is 1. The third kappa shape index (κ3) is 6.16. The van der Waals surface area contributed by atoms with Crippen molar-refractivity contribution in [3.63, 3.8) is 0 Å². The van der Waals surface area contributed by atoms with E-state index >= 15 is 0 Å². The van der Waals surface area contributed by atoms with Crippen LogP contribution in [0.4, 0.5) is 30.2 Å². The topological polar surface area (TPSA) is 101 Å². The molecule has 0 spiro atoms. The lowest BCUT2D eigenvalue weighted by Crippen LogP contribution is -2.40. The number of benzene rings is 5. The fraction of sp³-hybridized carbons (Fsp3) is 0.135. The summed E-state index contributed by atoms with van der Waals surface area (Å²) in [6.07, 6.45) is 0. The molecule has 1 aliphatic carbocycles. The number of fused-ring (bicyclic) bond motifs is 2. The lowest BCUT2D eigenvalue weighted by atomic mass is 9.90. The molecular formula is C37H30F3N3O4S. The maximum atomic E-state index is 13.2. The van der Waals surface area contributed by atoms with Gasteiger partial charge in [0, 0.05) is 45.6 Å². The first-order valence-corrected chi connectivity index (χ1v) is 16.4. The van der Waals surface area contributed by atoms with Crippen LogP contribution < -0.4 is 15.4 Å². The van der Waals surface area contributed by atoms with Crippen LogP contribution in [0.2, 0.25) is 0 Å². The minimum absolute atomic E-state index is 0.216. The lowest BCUT2D eigenvalue weighted by molar-refractivity contribution is -0.0446. The standard InChI is InChI=1S/C37H30F3N3O4S/c1-21-9-7-10-22(2)34(21)41-25-15-17-29-31(19-25)47-32-20-26(42-35-23(3)11-8-12-24(35)4)16-18-30(32)33(29)27-13-5-6-14-28(27)36(44)43-48(45,46)37(38,39)40/h5-20,41H,1-4H3,(H,43,44)/b42-26+. The maximum Gasteiger partial charge on any atom is 0.516 e. The number of rotatable bonds is 6. The number of anilines is 2. The molecule has 0 saturated heterocycles. The molecule has 0 unspecified atom stereocenters. The zero-order valence-electron chi connectivity index (χ0n) is 26.4. The number of aryl methyl sites for hydroxylation is 4. The number of sulfonamides is 1. The highest BCUT2D eigenvalue weighted by atomic mass is 32.2. The van der Waals surface area contributed by atoms with Crippen molar-refractivity contribution in [3.05, 3.63) is 130 Å². The Morgan fingerprint density at radius 3 is 2.06 bits per heavy atom. The van der Waals surface area contributed by atoms with E-state index in [-0.39, 0.29) is 11.1 Å². The molecule has 1 aliphatic heterocycles. The molecule has 0 atom stereocenters. The summed E-state index contributed by atoms with van der Waals surface area (Å²) in [5.74, 6) is -1.02. The van der Waals surface area contributed by atoms with Crippen LogP contribution in [0.5, 0.6) is 0 Å². The van der Waals surface area contributed by atoms with Gasteiger partial charge in [0.1, 0.15) is 11.3 Å². The van der Waals surface area contributed by atoms with Crippen molar-refractivity contribution in [2.75, 3.05) is 5.32 Å². The van der Waals surface area contributed by atoms with Crippen molar-refractivity contribution in [2.45, 2.75) is 33.2 Å². The van der Waals surface area contributed by atoms with Gasteiger partial charge in [0.05, 0.1) is 11.0 Å². The van der Waals surface area contributed by atoms with E-state index in [1.165, 1.54) is 16.9 Å². The van der Waals surface area contributed by atoms with E-state index in [1.54, 1.807) is 42.5 Å². The van der Waals surface area contributed by atoms with Gasteiger partial charge in [-0.05, 0) is 85.8 Å². The predicted molar refractivity (Wildman–Crippen MR) is 181 cm³/mol. The summed E-state index contributed by atoms with van der Waals surface area (Å²) in [6.45, 7) is 7.92. The third-order valence-corrected chi connectivity index (χ3v) is 9.17. The van der Waals surface area contributed by atoms with Crippen molar-refractivity contribution in [3.8, 4) is 22.5 Å². The summed E-state index contributed by atoms with van der Waals surface area (Å²) >= 11 is 0. The SMILES string of the molecule is Cc1cccc(C)c1/N=c1\ccc2c(-c3ccccc3C(=O)NS(=O)(=O)C(F)(F)F)c3ccc(Nc4c(C)cccc4C)cc3oc-2c1. The van der Waals surface area contributed by atoms with Crippen LogP contribution in [0, 0.1) is 27.7 Å². The van der Waals surface area contributed by atoms with Gasteiger partial charge < -0.3 is 9.73 Å². The summed E-state index contributed by atoms with van der Waals surface area (Å²) in [5.41, 5.74) is 2.22. The molecule has 2 N–H and O–H groups in total. The lowest BCUT2D eigenvalue weighted by Gasteiger charge is -2.19. The fourth-order valence-corrected chi connectivity index (χ4v) is 6.19. The van der Waals surface area contributed by atoms with Crippen molar-refractivity contribution >= 4 is 44.0 Å². The van der Waals surface area contributed by atoms with Crippen molar-refractivity contribution < 1.29 is 30.8 Å². The van der Waals surface area contributed by atoms with Crippen LogP contribution in [0.25, 0.3) is 33.4 Å². The monoisotopic (exact) mass is 669 g/mol. The fourth-order valence-electron chi connectivity index (χ4n) is 5.72. The highest BCUT2D eigenvalue weighted by Crippen LogP contribution is 2.42. The maximum absolute atomic E-state index is 13.2. The molecule has 0 fully saturated rings. The van der Waals surface area contributed by atoms with E-state index in [1.807, 2.05) is 70.2 Å². The minimum Gasteiger partial charge on any atom is -0.456 e. The zero-order chi connectivity index (χ0) is 34.4. The Kier molecular flexibility index (Phi) is 8.34. The summed E-state index contributed by atoms with van der Waals surface area (Å²) < 4.78 is 71.0. The Balaban J connectivity index is 1.59. The second kappa shape index (κ2) is 12.3. The Morgan fingerprint density at radius 1 is 0.750 bits per heavy atom. The number of carbonyl (C=O) groups is 1. The molecule has 7 nitrogen and oxygen atoms in total. The van der Waals surface area contributed by atoms with E-state index in [0.29, 0.717) is 38.9 Å². The Labute approximate surface area is 275 Å². The third-order valence-electron chi connectivity index (χ3n) is 8.11. The molecule has 6 rings (SSSR count). The van der Waals surface area contributed by atoms with Gasteiger partial charge in [0.15, 0.2) is 0 Å². The average molecular weight is 670 g/mol. The molecule has 1 heterocycles. The zero-order valence-corrected chi connectivity index (χ0v) is 27.2. The van der Waals surface area contributed by atoms with Crippen molar-refractivity contribution in [2.24, 2.45) is 4.99 Å². The Morgan fingerprint density at radius 2 is 1.40 bits per heavy atom. The van der Waals surface area contributed by atoms with Gasteiger partial charge in [-0.1, -0.05) is 54.6 Å². The minimum atomic E-state index is -5.95.